The number of fused-ring (bicyclic) bond motifs is 1. The Morgan fingerprint density at radius 2 is 2.03 bits per heavy atom. The van der Waals surface area contributed by atoms with Gasteiger partial charge in [0.05, 0.1) is 11.9 Å². The van der Waals surface area contributed by atoms with Crippen molar-refractivity contribution >= 4 is 40.0 Å². The molecular formula is C18H29IN4O5S. The summed E-state index contributed by atoms with van der Waals surface area (Å²) in [5.41, 5.74) is 1.01. The number of nitrogens with one attached hydrogen (secondary N) is 3. The summed E-state index contributed by atoms with van der Waals surface area (Å²) in [5, 5.41) is 6.17. The van der Waals surface area contributed by atoms with Gasteiger partial charge in [-0.15, -0.1) is 24.0 Å². The molecule has 2 aliphatic rings. The number of aliphatic imine (C=N–C) groups is 1. The van der Waals surface area contributed by atoms with Gasteiger partial charge in [-0.05, 0) is 37.0 Å². The second-order valence-corrected chi connectivity index (χ2v) is 8.62. The molecule has 1 atom stereocenters. The largest absolute Gasteiger partial charge is 0.454 e. The van der Waals surface area contributed by atoms with Crippen molar-refractivity contribution in [3.8, 4) is 11.5 Å². The highest BCUT2D eigenvalue weighted by Gasteiger charge is 2.18. The molecule has 164 valence electrons. The molecule has 0 amide bonds. The van der Waals surface area contributed by atoms with Gasteiger partial charge in [-0.2, -0.15) is 0 Å². The summed E-state index contributed by atoms with van der Waals surface area (Å²) in [6.07, 6.45) is 3.01. The predicted octanol–water partition coefficient (Wildman–Crippen LogP) is 1.19. The summed E-state index contributed by atoms with van der Waals surface area (Å²) < 4.78 is 43.1. The van der Waals surface area contributed by atoms with Crippen LogP contribution in [0.2, 0.25) is 0 Å². The van der Waals surface area contributed by atoms with Crippen molar-refractivity contribution in [3.05, 3.63) is 23.8 Å². The van der Waals surface area contributed by atoms with Gasteiger partial charge in [0.1, 0.15) is 0 Å². The van der Waals surface area contributed by atoms with Crippen molar-refractivity contribution in [1.82, 2.24) is 15.4 Å². The minimum absolute atomic E-state index is 0. The number of nitrogens with zero attached hydrogens (tertiary/aromatic N) is 1. The van der Waals surface area contributed by atoms with Gasteiger partial charge < -0.3 is 24.8 Å². The van der Waals surface area contributed by atoms with E-state index in [0.29, 0.717) is 25.7 Å². The van der Waals surface area contributed by atoms with Crippen LogP contribution in [-0.4, -0.2) is 59.8 Å². The third-order valence-electron chi connectivity index (χ3n) is 4.59. The molecular weight excluding hydrogens is 511 g/mol. The van der Waals surface area contributed by atoms with E-state index in [1.807, 2.05) is 18.2 Å². The van der Waals surface area contributed by atoms with Gasteiger partial charge in [0.25, 0.3) is 0 Å². The molecule has 0 bridgehead atoms. The first-order chi connectivity index (χ1) is 13.6. The molecule has 0 aromatic heterocycles. The molecule has 1 aromatic carbocycles. The van der Waals surface area contributed by atoms with E-state index in [1.54, 1.807) is 7.05 Å². The molecule has 0 aliphatic carbocycles. The van der Waals surface area contributed by atoms with Gasteiger partial charge in [-0.1, -0.05) is 6.07 Å². The Bertz CT molecular complexity index is 784. The Labute approximate surface area is 189 Å². The summed E-state index contributed by atoms with van der Waals surface area (Å²) in [4.78, 5) is 4.12. The predicted molar refractivity (Wildman–Crippen MR) is 122 cm³/mol. The number of guanidine groups is 1. The first-order valence-electron chi connectivity index (χ1n) is 9.48. The smallest absolute Gasteiger partial charge is 0.231 e. The van der Waals surface area contributed by atoms with E-state index in [-0.39, 0.29) is 49.2 Å². The number of hydrogen-bond acceptors (Lipinski definition) is 6. The molecule has 11 heteroatoms. The van der Waals surface area contributed by atoms with Crippen molar-refractivity contribution in [2.45, 2.75) is 31.9 Å². The quantitative estimate of drug-likeness (QED) is 0.258. The van der Waals surface area contributed by atoms with E-state index in [0.717, 1.165) is 36.3 Å². The molecule has 0 radical (unpaired) electrons. The highest BCUT2D eigenvalue weighted by Crippen LogP contribution is 2.32. The van der Waals surface area contributed by atoms with Crippen LogP contribution in [0.15, 0.2) is 23.2 Å². The zero-order valence-electron chi connectivity index (χ0n) is 16.5. The highest BCUT2D eigenvalue weighted by molar-refractivity contribution is 14.0. The Morgan fingerprint density at radius 3 is 2.79 bits per heavy atom. The Morgan fingerprint density at radius 1 is 1.21 bits per heavy atom. The molecule has 3 rings (SSSR count). The summed E-state index contributed by atoms with van der Waals surface area (Å²) in [6, 6.07) is 5.71. The first kappa shape index (κ1) is 24.0. The Kier molecular flexibility index (Phi) is 9.72. The second kappa shape index (κ2) is 11.8. The minimum atomic E-state index is -3.36. The van der Waals surface area contributed by atoms with Crippen LogP contribution in [0.4, 0.5) is 0 Å². The molecule has 1 unspecified atom stereocenters. The zero-order valence-corrected chi connectivity index (χ0v) is 19.6. The topological polar surface area (TPSA) is 110 Å². The van der Waals surface area contributed by atoms with E-state index in [1.165, 1.54) is 0 Å². The van der Waals surface area contributed by atoms with Crippen LogP contribution in [0.5, 0.6) is 11.5 Å². The third kappa shape index (κ3) is 7.79. The summed E-state index contributed by atoms with van der Waals surface area (Å²) >= 11 is 0. The summed E-state index contributed by atoms with van der Waals surface area (Å²) in [7, 11) is -1.72. The standard InChI is InChI=1S/C18H28N4O5S.HI/c1-19-18(21-11-14-5-6-16-17(10-14)27-13-26-16)20-7-9-28(23,24)22-12-15-4-2-3-8-25-15;/h5-6,10,15,22H,2-4,7-9,11-13H2,1H3,(H2,19,20,21);1H. The molecule has 29 heavy (non-hydrogen) atoms. The lowest BCUT2D eigenvalue weighted by molar-refractivity contribution is 0.0200. The molecule has 1 aromatic rings. The third-order valence-corrected chi connectivity index (χ3v) is 5.94. The molecule has 0 saturated carbocycles. The maximum Gasteiger partial charge on any atom is 0.231 e. The maximum absolute atomic E-state index is 12.1. The van der Waals surface area contributed by atoms with Gasteiger partial charge in [-0.3, -0.25) is 4.99 Å². The number of ether oxygens (including phenoxy) is 3. The molecule has 2 heterocycles. The fraction of sp³-hybridized carbons (Fsp3) is 0.611. The normalized spacial score (nSPS) is 18.8. The van der Waals surface area contributed by atoms with Gasteiger partial charge in [0.2, 0.25) is 16.8 Å². The number of rotatable bonds is 8. The number of hydrogen-bond donors (Lipinski definition) is 3. The van der Waals surface area contributed by atoms with Crippen LogP contribution in [-0.2, 0) is 21.3 Å². The average molecular weight is 540 g/mol. The average Bonchev–Trinajstić information content (AvgIpc) is 3.18. The van der Waals surface area contributed by atoms with Crippen LogP contribution in [0.25, 0.3) is 0 Å². The Hall–Kier alpha value is -1.31. The molecule has 0 spiro atoms. The van der Waals surface area contributed by atoms with E-state index >= 15 is 0 Å². The zero-order chi connectivity index (χ0) is 19.8. The van der Waals surface area contributed by atoms with Crippen molar-refractivity contribution in [3.63, 3.8) is 0 Å². The second-order valence-electron chi connectivity index (χ2n) is 6.70. The van der Waals surface area contributed by atoms with Crippen LogP contribution in [0.1, 0.15) is 24.8 Å². The van der Waals surface area contributed by atoms with Crippen molar-refractivity contribution in [2.24, 2.45) is 4.99 Å². The van der Waals surface area contributed by atoms with Crippen LogP contribution in [0.3, 0.4) is 0 Å². The Balaban J connectivity index is 0.00000300. The lowest BCUT2D eigenvalue weighted by Gasteiger charge is -2.22. The van der Waals surface area contributed by atoms with E-state index < -0.39 is 10.0 Å². The number of halogens is 1. The van der Waals surface area contributed by atoms with Crippen molar-refractivity contribution in [1.29, 1.82) is 0 Å². The monoisotopic (exact) mass is 540 g/mol. The van der Waals surface area contributed by atoms with Crippen LogP contribution < -0.4 is 24.8 Å². The SMILES string of the molecule is CN=C(NCCS(=O)(=O)NCC1CCCCO1)NCc1ccc2c(c1)OCO2.I. The lowest BCUT2D eigenvalue weighted by atomic mass is 10.1. The lowest BCUT2D eigenvalue weighted by Crippen LogP contribution is -2.42. The van der Waals surface area contributed by atoms with Gasteiger partial charge >= 0.3 is 0 Å². The molecule has 1 fully saturated rings. The van der Waals surface area contributed by atoms with Gasteiger partial charge in [0, 0.05) is 33.3 Å². The van der Waals surface area contributed by atoms with Crippen LogP contribution in [0, 0.1) is 0 Å². The number of sulfonamides is 1. The first-order valence-corrected chi connectivity index (χ1v) is 11.1. The van der Waals surface area contributed by atoms with Gasteiger partial charge in [0.15, 0.2) is 17.5 Å². The van der Waals surface area contributed by atoms with E-state index in [2.05, 4.69) is 20.3 Å². The minimum Gasteiger partial charge on any atom is -0.454 e. The maximum atomic E-state index is 12.1. The van der Waals surface area contributed by atoms with Crippen LogP contribution >= 0.6 is 24.0 Å². The van der Waals surface area contributed by atoms with E-state index in [4.69, 9.17) is 14.2 Å². The number of benzene rings is 1. The van der Waals surface area contributed by atoms with Crippen molar-refractivity contribution < 1.29 is 22.6 Å². The molecule has 3 N–H and O–H groups in total. The van der Waals surface area contributed by atoms with E-state index in [9.17, 15) is 8.42 Å². The fourth-order valence-corrected chi connectivity index (χ4v) is 3.98. The van der Waals surface area contributed by atoms with Crippen molar-refractivity contribution in [2.75, 3.05) is 39.3 Å². The highest BCUT2D eigenvalue weighted by atomic mass is 127. The summed E-state index contributed by atoms with van der Waals surface area (Å²) in [5.74, 6) is 1.96. The molecule has 1 saturated heterocycles. The molecule has 9 nitrogen and oxygen atoms in total. The molecule has 2 aliphatic heterocycles. The fourth-order valence-electron chi connectivity index (χ4n) is 3.02. The summed E-state index contributed by atoms with van der Waals surface area (Å²) in [6.45, 7) is 2.06. The van der Waals surface area contributed by atoms with Gasteiger partial charge in [-0.25, -0.2) is 13.1 Å².